The summed E-state index contributed by atoms with van der Waals surface area (Å²) < 4.78 is 34.4. The lowest BCUT2D eigenvalue weighted by molar-refractivity contribution is -0.870. The first-order valence-corrected chi connectivity index (χ1v) is 26.9. The van der Waals surface area contributed by atoms with Crippen LogP contribution in [0.2, 0.25) is 0 Å². The Morgan fingerprint density at radius 2 is 0.850 bits per heavy atom. The molecule has 0 bridgehead atoms. The minimum absolute atomic E-state index is 0.0353. The maximum absolute atomic E-state index is 12.7. The number of quaternary nitrogens is 1. The Morgan fingerprint density at radius 3 is 1.23 bits per heavy atom. The van der Waals surface area contributed by atoms with Gasteiger partial charge < -0.3 is 18.9 Å². The van der Waals surface area contributed by atoms with E-state index >= 15 is 0 Å². The molecule has 0 aliphatic carbocycles. The zero-order chi connectivity index (χ0) is 44.3. The van der Waals surface area contributed by atoms with E-state index < -0.39 is 26.5 Å². The van der Waals surface area contributed by atoms with E-state index in [0.29, 0.717) is 23.9 Å². The largest absolute Gasteiger partial charge is 0.472 e. The van der Waals surface area contributed by atoms with Crippen LogP contribution in [0, 0.1) is 0 Å². The molecule has 0 saturated heterocycles. The van der Waals surface area contributed by atoms with E-state index in [4.69, 9.17) is 18.5 Å². The number of allylic oxidation sites excluding steroid dienone is 2. The Balaban J connectivity index is 4.20. The first-order chi connectivity index (χ1) is 29.0. The SMILES string of the molecule is CCCCCCCC/C=C\CCCCCCCCCCCCCC(=O)OC[C@H](COP(=O)(O)OCC[N+](C)(C)C)OC(=O)CCCCCCCCCCCCCCCCC. The van der Waals surface area contributed by atoms with Gasteiger partial charge in [-0.1, -0.05) is 206 Å². The van der Waals surface area contributed by atoms with E-state index in [1.165, 1.54) is 180 Å². The third kappa shape index (κ3) is 46.3. The first-order valence-electron chi connectivity index (χ1n) is 25.4. The van der Waals surface area contributed by atoms with E-state index in [0.717, 1.165) is 32.1 Å². The monoisotopic (exact) mass is 873 g/mol. The quantitative estimate of drug-likeness (QED) is 0.0212. The zero-order valence-electron chi connectivity index (χ0n) is 40.2. The standard InChI is InChI=1S/C50H98NO8P/c1-6-8-10-12-14-16-18-20-22-23-24-25-26-27-29-30-32-34-36-38-40-42-49(52)56-46-48(47-58-60(54,55)57-45-44-51(3,4)5)59-50(53)43-41-39-37-35-33-31-28-21-19-17-15-13-11-9-7-2/h20,22,48H,6-19,21,23-47H2,1-5H3/p+1/b22-20-/t48-/m1/s1. The lowest BCUT2D eigenvalue weighted by Gasteiger charge is -2.24. The van der Waals surface area contributed by atoms with Crippen molar-refractivity contribution in [1.29, 1.82) is 0 Å². The van der Waals surface area contributed by atoms with Crippen LogP contribution in [0.4, 0.5) is 0 Å². The van der Waals surface area contributed by atoms with Crippen LogP contribution in [0.25, 0.3) is 0 Å². The molecular formula is C50H99NO8P+. The summed E-state index contributed by atoms with van der Waals surface area (Å²) in [5, 5.41) is 0. The molecule has 1 N–H and O–H groups in total. The van der Waals surface area contributed by atoms with Crippen molar-refractivity contribution in [2.45, 2.75) is 251 Å². The van der Waals surface area contributed by atoms with Crippen molar-refractivity contribution in [2.24, 2.45) is 0 Å². The lowest BCUT2D eigenvalue weighted by atomic mass is 10.0. The van der Waals surface area contributed by atoms with Crippen LogP contribution in [0.5, 0.6) is 0 Å². The summed E-state index contributed by atoms with van der Waals surface area (Å²) in [4.78, 5) is 35.5. The van der Waals surface area contributed by atoms with Crippen molar-refractivity contribution in [2.75, 3.05) is 47.5 Å². The first kappa shape index (κ1) is 58.8. The number of likely N-dealkylation sites (N-methyl/N-ethyl adjacent to an activating group) is 1. The van der Waals surface area contributed by atoms with Gasteiger partial charge in [-0.15, -0.1) is 0 Å². The van der Waals surface area contributed by atoms with Gasteiger partial charge in [0.05, 0.1) is 27.7 Å². The predicted octanol–water partition coefficient (Wildman–Crippen LogP) is 14.9. The molecule has 0 amide bonds. The average molecular weight is 873 g/mol. The smallest absolute Gasteiger partial charge is 0.462 e. The third-order valence-corrected chi connectivity index (χ3v) is 12.3. The minimum Gasteiger partial charge on any atom is -0.462 e. The number of unbranched alkanes of at least 4 members (excludes halogenated alkanes) is 31. The fraction of sp³-hybridized carbons (Fsp3) is 0.920. The zero-order valence-corrected chi connectivity index (χ0v) is 41.1. The van der Waals surface area contributed by atoms with Crippen LogP contribution in [-0.2, 0) is 32.7 Å². The number of carbonyl (C=O) groups excluding carboxylic acids is 2. The molecule has 0 rings (SSSR count). The second kappa shape index (κ2) is 43.0. The summed E-state index contributed by atoms with van der Waals surface area (Å²) in [6, 6.07) is 0. The highest BCUT2D eigenvalue weighted by molar-refractivity contribution is 7.47. The summed E-state index contributed by atoms with van der Waals surface area (Å²) >= 11 is 0. The van der Waals surface area contributed by atoms with Crippen LogP contribution in [0.1, 0.15) is 245 Å². The molecule has 356 valence electrons. The summed E-state index contributed by atoms with van der Waals surface area (Å²) in [5.41, 5.74) is 0. The number of nitrogens with zero attached hydrogens (tertiary/aromatic N) is 1. The third-order valence-electron chi connectivity index (χ3n) is 11.3. The molecule has 0 saturated carbocycles. The molecule has 1 unspecified atom stereocenters. The van der Waals surface area contributed by atoms with Gasteiger partial charge in [-0.2, -0.15) is 0 Å². The van der Waals surface area contributed by atoms with Gasteiger partial charge in [0.2, 0.25) is 0 Å². The van der Waals surface area contributed by atoms with Crippen LogP contribution in [-0.4, -0.2) is 74.9 Å². The van der Waals surface area contributed by atoms with Gasteiger partial charge >= 0.3 is 19.8 Å². The van der Waals surface area contributed by atoms with Crippen LogP contribution in [0.3, 0.4) is 0 Å². The molecule has 0 aliphatic heterocycles. The Labute approximate surface area is 371 Å². The molecule has 9 nitrogen and oxygen atoms in total. The van der Waals surface area contributed by atoms with Gasteiger partial charge in [-0.05, 0) is 38.5 Å². The van der Waals surface area contributed by atoms with Gasteiger partial charge in [0.15, 0.2) is 6.10 Å². The van der Waals surface area contributed by atoms with E-state index in [-0.39, 0.29) is 25.6 Å². The Bertz CT molecular complexity index is 1030. The molecule has 10 heteroatoms. The molecule has 2 atom stereocenters. The molecular weight excluding hydrogens is 774 g/mol. The van der Waals surface area contributed by atoms with E-state index in [9.17, 15) is 19.0 Å². The Kier molecular flexibility index (Phi) is 42.1. The van der Waals surface area contributed by atoms with Crippen molar-refractivity contribution in [3.63, 3.8) is 0 Å². The number of rotatable bonds is 47. The molecule has 0 aromatic rings. The van der Waals surface area contributed by atoms with Crippen LogP contribution >= 0.6 is 7.82 Å². The highest BCUT2D eigenvalue weighted by Crippen LogP contribution is 2.43. The fourth-order valence-electron chi connectivity index (χ4n) is 7.31. The molecule has 0 heterocycles. The van der Waals surface area contributed by atoms with Crippen molar-refractivity contribution >= 4 is 19.8 Å². The van der Waals surface area contributed by atoms with Crippen molar-refractivity contribution in [3.8, 4) is 0 Å². The molecule has 0 aromatic heterocycles. The number of phosphoric acid groups is 1. The number of carbonyl (C=O) groups is 2. The average Bonchev–Trinajstić information content (AvgIpc) is 3.20. The molecule has 0 fully saturated rings. The Hall–Kier alpha value is -1.25. The molecule has 0 aliphatic rings. The van der Waals surface area contributed by atoms with Crippen molar-refractivity contribution in [3.05, 3.63) is 12.2 Å². The molecule has 60 heavy (non-hydrogen) atoms. The van der Waals surface area contributed by atoms with Gasteiger partial charge in [0, 0.05) is 12.8 Å². The number of esters is 2. The fourth-order valence-corrected chi connectivity index (χ4v) is 8.05. The number of hydrogen-bond donors (Lipinski definition) is 1. The van der Waals surface area contributed by atoms with Crippen molar-refractivity contribution in [1.82, 2.24) is 0 Å². The second-order valence-electron chi connectivity index (χ2n) is 18.6. The Morgan fingerprint density at radius 1 is 0.500 bits per heavy atom. The number of hydrogen-bond acceptors (Lipinski definition) is 7. The van der Waals surface area contributed by atoms with Gasteiger partial charge in [-0.25, -0.2) is 4.57 Å². The summed E-state index contributed by atoms with van der Waals surface area (Å²) in [6.45, 7) is 4.46. The highest BCUT2D eigenvalue weighted by Gasteiger charge is 2.27. The van der Waals surface area contributed by atoms with E-state index in [1.54, 1.807) is 0 Å². The predicted molar refractivity (Wildman–Crippen MR) is 252 cm³/mol. The van der Waals surface area contributed by atoms with Gasteiger partial charge in [0.25, 0.3) is 0 Å². The van der Waals surface area contributed by atoms with E-state index in [1.807, 2.05) is 21.1 Å². The summed E-state index contributed by atoms with van der Waals surface area (Å²) in [7, 11) is 1.49. The van der Waals surface area contributed by atoms with E-state index in [2.05, 4.69) is 26.0 Å². The normalized spacial score (nSPS) is 13.5. The van der Waals surface area contributed by atoms with Crippen LogP contribution in [0.15, 0.2) is 12.2 Å². The van der Waals surface area contributed by atoms with Crippen LogP contribution < -0.4 is 0 Å². The second-order valence-corrected chi connectivity index (χ2v) is 20.0. The maximum atomic E-state index is 12.7. The molecule has 0 radical (unpaired) electrons. The lowest BCUT2D eigenvalue weighted by Crippen LogP contribution is -2.37. The van der Waals surface area contributed by atoms with Gasteiger partial charge in [-0.3, -0.25) is 18.6 Å². The molecule has 0 aromatic carbocycles. The van der Waals surface area contributed by atoms with Crippen molar-refractivity contribution < 1.29 is 42.1 Å². The topological polar surface area (TPSA) is 108 Å². The summed E-state index contributed by atoms with van der Waals surface area (Å²) in [6.07, 6.45) is 46.9. The molecule has 0 spiro atoms. The van der Waals surface area contributed by atoms with Gasteiger partial charge in [0.1, 0.15) is 19.8 Å². The highest BCUT2D eigenvalue weighted by atomic mass is 31.2. The maximum Gasteiger partial charge on any atom is 0.472 e. The minimum atomic E-state index is -4.37. The summed E-state index contributed by atoms with van der Waals surface area (Å²) in [5.74, 6) is -0.784. The number of ether oxygens (including phenoxy) is 2. The number of phosphoric ester groups is 1.